The van der Waals surface area contributed by atoms with Crippen molar-refractivity contribution in [3.63, 3.8) is 0 Å². The Morgan fingerprint density at radius 2 is 1.56 bits per heavy atom. The molecule has 0 amide bonds. The number of hydrogen-bond donors (Lipinski definition) is 0. The maximum Gasteiger partial charge on any atom is 0.321 e. The molecule has 0 saturated carbocycles. The highest BCUT2D eigenvalue weighted by atomic mass is 16.6. The van der Waals surface area contributed by atoms with E-state index < -0.39 is 17.9 Å². The van der Waals surface area contributed by atoms with Crippen LogP contribution in [0.15, 0.2) is 0 Å². The lowest BCUT2D eigenvalue weighted by Crippen LogP contribution is -2.40. The lowest BCUT2D eigenvalue weighted by atomic mass is 10.0. The molecule has 1 aliphatic heterocycles. The molecule has 0 bridgehead atoms. The number of esters is 2. The molecular weight excluding hydrogens is 210 g/mol. The molecular formula is C11H19NO4. The molecule has 0 aromatic carbocycles. The fourth-order valence-electron chi connectivity index (χ4n) is 1.63. The molecule has 1 unspecified atom stereocenters. The zero-order valence-corrected chi connectivity index (χ0v) is 10.1. The Labute approximate surface area is 95.7 Å². The van der Waals surface area contributed by atoms with Crippen LogP contribution in [0.3, 0.4) is 0 Å². The van der Waals surface area contributed by atoms with Crippen LogP contribution in [0.4, 0.5) is 0 Å². The van der Waals surface area contributed by atoms with Crippen molar-refractivity contribution < 1.29 is 19.1 Å². The van der Waals surface area contributed by atoms with Gasteiger partial charge in [0.05, 0.1) is 13.2 Å². The summed E-state index contributed by atoms with van der Waals surface area (Å²) in [6.45, 7) is 7.71. The largest absolute Gasteiger partial charge is 0.465 e. The Balaban J connectivity index is 2.66. The minimum Gasteiger partial charge on any atom is -0.465 e. The monoisotopic (exact) mass is 229 g/mol. The fourth-order valence-corrected chi connectivity index (χ4v) is 1.63. The van der Waals surface area contributed by atoms with Crippen molar-refractivity contribution in [1.29, 1.82) is 0 Å². The molecule has 1 saturated heterocycles. The molecule has 0 N–H and O–H groups in total. The predicted molar refractivity (Wildman–Crippen MR) is 57.8 cm³/mol. The second-order valence-electron chi connectivity index (χ2n) is 3.76. The van der Waals surface area contributed by atoms with Crippen LogP contribution < -0.4 is 0 Å². The molecule has 1 rings (SSSR count). The van der Waals surface area contributed by atoms with Crippen LogP contribution in [0.2, 0.25) is 0 Å². The van der Waals surface area contributed by atoms with Gasteiger partial charge < -0.3 is 9.47 Å². The van der Waals surface area contributed by atoms with Crippen molar-refractivity contribution in [3.8, 4) is 0 Å². The standard InChI is InChI=1S/C11H19NO4/c1-4-15-10(13)9(11(14)16-5-2)8(3)12-6-7-12/h8-9H,4-7H2,1-3H3. The normalized spacial score (nSPS) is 17.0. The summed E-state index contributed by atoms with van der Waals surface area (Å²) in [6.07, 6.45) is 0. The Morgan fingerprint density at radius 3 is 1.88 bits per heavy atom. The first-order chi connectivity index (χ1) is 7.61. The van der Waals surface area contributed by atoms with E-state index >= 15 is 0 Å². The first kappa shape index (κ1) is 13.0. The third-order valence-corrected chi connectivity index (χ3v) is 2.62. The van der Waals surface area contributed by atoms with E-state index in [0.29, 0.717) is 0 Å². The predicted octanol–water partition coefficient (Wildman–Crippen LogP) is 0.433. The van der Waals surface area contributed by atoms with Crippen molar-refractivity contribution in [3.05, 3.63) is 0 Å². The lowest BCUT2D eigenvalue weighted by molar-refractivity contribution is -0.163. The van der Waals surface area contributed by atoms with E-state index in [1.165, 1.54) is 0 Å². The number of carbonyl (C=O) groups excluding carboxylic acids is 2. The molecule has 5 nitrogen and oxygen atoms in total. The van der Waals surface area contributed by atoms with E-state index in [9.17, 15) is 9.59 Å². The fraction of sp³-hybridized carbons (Fsp3) is 0.818. The first-order valence-electron chi connectivity index (χ1n) is 5.69. The highest BCUT2D eigenvalue weighted by Crippen LogP contribution is 2.20. The van der Waals surface area contributed by atoms with E-state index in [1.54, 1.807) is 13.8 Å². The molecule has 1 fully saturated rings. The summed E-state index contributed by atoms with van der Waals surface area (Å²) in [6, 6.07) is -0.141. The Kier molecular flexibility index (Phi) is 4.73. The zero-order valence-electron chi connectivity index (χ0n) is 10.1. The van der Waals surface area contributed by atoms with Crippen LogP contribution in [0, 0.1) is 5.92 Å². The molecule has 1 atom stereocenters. The van der Waals surface area contributed by atoms with Gasteiger partial charge in [-0.25, -0.2) is 0 Å². The minimum absolute atomic E-state index is 0.141. The lowest BCUT2D eigenvalue weighted by Gasteiger charge is -2.21. The summed E-state index contributed by atoms with van der Waals surface area (Å²) in [5.41, 5.74) is 0. The van der Waals surface area contributed by atoms with Crippen LogP contribution >= 0.6 is 0 Å². The van der Waals surface area contributed by atoms with E-state index in [4.69, 9.17) is 9.47 Å². The molecule has 5 heteroatoms. The minimum atomic E-state index is -0.817. The smallest absolute Gasteiger partial charge is 0.321 e. The SMILES string of the molecule is CCOC(=O)C(C(=O)OCC)C(C)N1CC1. The van der Waals surface area contributed by atoms with Crippen molar-refractivity contribution in [1.82, 2.24) is 4.90 Å². The second kappa shape index (κ2) is 5.84. The Morgan fingerprint density at radius 1 is 1.12 bits per heavy atom. The van der Waals surface area contributed by atoms with Gasteiger partial charge >= 0.3 is 11.9 Å². The van der Waals surface area contributed by atoms with Crippen LogP contribution in [0.25, 0.3) is 0 Å². The van der Waals surface area contributed by atoms with Gasteiger partial charge in [0.1, 0.15) is 0 Å². The number of ether oxygens (including phenoxy) is 2. The summed E-state index contributed by atoms with van der Waals surface area (Å²) >= 11 is 0. The van der Waals surface area contributed by atoms with Crippen molar-refractivity contribution in [2.45, 2.75) is 26.8 Å². The third-order valence-electron chi connectivity index (χ3n) is 2.62. The summed E-state index contributed by atoms with van der Waals surface area (Å²) in [5.74, 6) is -1.79. The highest BCUT2D eigenvalue weighted by Gasteiger charge is 2.41. The molecule has 0 spiro atoms. The van der Waals surface area contributed by atoms with Crippen LogP contribution in [0.1, 0.15) is 20.8 Å². The second-order valence-corrected chi connectivity index (χ2v) is 3.76. The zero-order chi connectivity index (χ0) is 12.1. The third kappa shape index (κ3) is 3.20. The molecule has 92 valence electrons. The molecule has 0 radical (unpaired) electrons. The molecule has 1 aliphatic rings. The number of hydrogen-bond acceptors (Lipinski definition) is 5. The van der Waals surface area contributed by atoms with E-state index in [2.05, 4.69) is 0 Å². The van der Waals surface area contributed by atoms with Crippen molar-refractivity contribution in [2.75, 3.05) is 26.3 Å². The number of carbonyl (C=O) groups is 2. The van der Waals surface area contributed by atoms with Gasteiger partial charge in [0, 0.05) is 19.1 Å². The van der Waals surface area contributed by atoms with Crippen LogP contribution in [-0.2, 0) is 19.1 Å². The Bertz CT molecular complexity index is 245. The maximum atomic E-state index is 11.7. The molecule has 0 aromatic heterocycles. The maximum absolute atomic E-state index is 11.7. The number of rotatable bonds is 6. The van der Waals surface area contributed by atoms with E-state index in [-0.39, 0.29) is 19.3 Å². The van der Waals surface area contributed by atoms with E-state index in [0.717, 1.165) is 13.1 Å². The first-order valence-corrected chi connectivity index (χ1v) is 5.69. The summed E-state index contributed by atoms with van der Waals surface area (Å²) < 4.78 is 9.81. The van der Waals surface area contributed by atoms with Gasteiger partial charge in [0.25, 0.3) is 0 Å². The quantitative estimate of drug-likeness (QED) is 0.375. The topological polar surface area (TPSA) is 55.6 Å². The van der Waals surface area contributed by atoms with Crippen LogP contribution in [0.5, 0.6) is 0 Å². The van der Waals surface area contributed by atoms with Crippen molar-refractivity contribution in [2.24, 2.45) is 5.92 Å². The molecule has 0 aromatic rings. The highest BCUT2D eigenvalue weighted by molar-refractivity contribution is 5.95. The summed E-state index contributed by atoms with van der Waals surface area (Å²) in [5, 5.41) is 0. The average Bonchev–Trinajstić information content (AvgIpc) is 3.01. The van der Waals surface area contributed by atoms with Gasteiger partial charge in [-0.05, 0) is 20.8 Å². The van der Waals surface area contributed by atoms with Gasteiger partial charge in [-0.1, -0.05) is 0 Å². The molecule has 16 heavy (non-hydrogen) atoms. The molecule has 0 aliphatic carbocycles. The average molecular weight is 229 g/mol. The summed E-state index contributed by atoms with van der Waals surface area (Å²) in [4.78, 5) is 25.4. The van der Waals surface area contributed by atoms with E-state index in [1.807, 2.05) is 11.8 Å². The molecule has 1 heterocycles. The van der Waals surface area contributed by atoms with Crippen molar-refractivity contribution >= 4 is 11.9 Å². The summed E-state index contributed by atoms with van der Waals surface area (Å²) in [7, 11) is 0. The van der Waals surface area contributed by atoms with Gasteiger partial charge in [0.2, 0.25) is 0 Å². The van der Waals surface area contributed by atoms with Gasteiger partial charge in [-0.3, -0.25) is 14.5 Å². The van der Waals surface area contributed by atoms with Gasteiger partial charge in [-0.15, -0.1) is 0 Å². The number of nitrogens with zero attached hydrogens (tertiary/aromatic N) is 1. The van der Waals surface area contributed by atoms with Gasteiger partial charge in [0.15, 0.2) is 5.92 Å². The van der Waals surface area contributed by atoms with Gasteiger partial charge in [-0.2, -0.15) is 0 Å². The Hall–Kier alpha value is -1.10. The van der Waals surface area contributed by atoms with Crippen LogP contribution in [-0.4, -0.2) is 49.2 Å².